The first-order chi connectivity index (χ1) is 10.8. The van der Waals surface area contributed by atoms with Crippen molar-refractivity contribution in [2.45, 2.75) is 116 Å². The van der Waals surface area contributed by atoms with Crippen LogP contribution in [0.5, 0.6) is 0 Å². The summed E-state index contributed by atoms with van der Waals surface area (Å²) in [5.41, 5.74) is 0. The lowest BCUT2D eigenvalue weighted by atomic mass is 10.0. The van der Waals surface area contributed by atoms with Crippen molar-refractivity contribution >= 4 is 0 Å². The topological polar surface area (TPSA) is 29.5 Å². The fourth-order valence-electron chi connectivity index (χ4n) is 3.07. The van der Waals surface area contributed by atoms with E-state index in [9.17, 15) is 0 Å². The summed E-state index contributed by atoms with van der Waals surface area (Å²) >= 11 is 0. The zero-order valence-corrected chi connectivity index (χ0v) is 15.5. The first kappa shape index (κ1) is 21.9. The molecule has 0 amide bonds. The molecule has 0 aromatic heterocycles. The van der Waals surface area contributed by atoms with Crippen molar-refractivity contribution in [3.8, 4) is 0 Å². The molecule has 1 atom stereocenters. The Bertz CT molecular complexity index is 194. The van der Waals surface area contributed by atoms with Gasteiger partial charge in [-0.05, 0) is 12.8 Å². The van der Waals surface area contributed by atoms with E-state index >= 15 is 0 Å². The molecule has 2 nitrogen and oxygen atoms in total. The number of hydrogen-bond donors (Lipinski definition) is 1. The van der Waals surface area contributed by atoms with Gasteiger partial charge in [0.15, 0.2) is 0 Å². The van der Waals surface area contributed by atoms with Crippen molar-refractivity contribution in [3.63, 3.8) is 0 Å². The molecule has 1 N–H and O–H groups in total. The van der Waals surface area contributed by atoms with E-state index < -0.39 is 0 Å². The fraction of sp³-hybridized carbons (Fsp3) is 1.00. The Morgan fingerprint density at radius 1 is 0.636 bits per heavy atom. The van der Waals surface area contributed by atoms with E-state index in [1.54, 1.807) is 0 Å². The summed E-state index contributed by atoms with van der Waals surface area (Å²) in [5.74, 6) is 0. The molecule has 0 saturated heterocycles. The quantitative estimate of drug-likeness (QED) is 0.303. The van der Waals surface area contributed by atoms with Crippen LogP contribution in [0.1, 0.15) is 110 Å². The van der Waals surface area contributed by atoms with Gasteiger partial charge in [-0.25, -0.2) is 0 Å². The summed E-state index contributed by atoms with van der Waals surface area (Å²) in [5, 5.41) is 8.83. The third kappa shape index (κ3) is 16.3. The molecule has 0 aliphatic rings. The highest BCUT2D eigenvalue weighted by molar-refractivity contribution is 4.58. The molecule has 0 heterocycles. The van der Waals surface area contributed by atoms with Gasteiger partial charge in [-0.2, -0.15) is 0 Å². The number of aliphatic hydroxyl groups is 1. The third-order valence-electron chi connectivity index (χ3n) is 4.44. The Balaban J connectivity index is 3.23. The second-order valence-corrected chi connectivity index (χ2v) is 6.68. The number of aliphatic hydroxyl groups excluding tert-OH is 1. The van der Waals surface area contributed by atoms with Gasteiger partial charge in [0.1, 0.15) is 0 Å². The number of hydrogen-bond acceptors (Lipinski definition) is 2. The summed E-state index contributed by atoms with van der Waals surface area (Å²) < 4.78 is 5.68. The average molecular weight is 315 g/mol. The van der Waals surface area contributed by atoms with Gasteiger partial charge in [-0.15, -0.1) is 0 Å². The molecule has 0 aromatic carbocycles. The first-order valence-corrected chi connectivity index (χ1v) is 10.1. The second-order valence-electron chi connectivity index (χ2n) is 6.68. The molecule has 0 saturated carbocycles. The molecule has 134 valence electrons. The summed E-state index contributed by atoms with van der Waals surface area (Å²) in [6, 6.07) is 0. The molecule has 22 heavy (non-hydrogen) atoms. The van der Waals surface area contributed by atoms with Gasteiger partial charge in [0.2, 0.25) is 0 Å². The average Bonchev–Trinajstić information content (AvgIpc) is 2.53. The second kappa shape index (κ2) is 19.0. The number of ether oxygens (including phenoxy) is 1. The number of rotatable bonds is 18. The van der Waals surface area contributed by atoms with Crippen molar-refractivity contribution < 1.29 is 9.84 Å². The van der Waals surface area contributed by atoms with Crippen molar-refractivity contribution in [3.05, 3.63) is 0 Å². The Hall–Kier alpha value is -0.0800. The molecule has 2 heteroatoms. The van der Waals surface area contributed by atoms with E-state index in [4.69, 9.17) is 9.84 Å². The predicted octanol–water partition coefficient (Wildman–Crippen LogP) is 6.26. The predicted molar refractivity (Wildman–Crippen MR) is 97.4 cm³/mol. The van der Waals surface area contributed by atoms with Gasteiger partial charge in [0.05, 0.1) is 19.3 Å². The standard InChI is InChI=1S/C20H42O2/c1-3-5-6-7-8-9-10-11-12-13-14-15-17-20(16-4-2)22-19-18-21/h20-21H,3-19H2,1-2H3. The summed E-state index contributed by atoms with van der Waals surface area (Å²) in [6.07, 6.45) is 20.7. The van der Waals surface area contributed by atoms with Crippen LogP contribution >= 0.6 is 0 Å². The molecule has 0 aliphatic carbocycles. The Kier molecular flexibility index (Phi) is 18.9. The lowest BCUT2D eigenvalue weighted by Crippen LogP contribution is -2.15. The van der Waals surface area contributed by atoms with Gasteiger partial charge in [-0.1, -0.05) is 97.3 Å². The van der Waals surface area contributed by atoms with E-state index in [2.05, 4.69) is 13.8 Å². The van der Waals surface area contributed by atoms with Crippen LogP contribution in [0.2, 0.25) is 0 Å². The maximum Gasteiger partial charge on any atom is 0.0701 e. The van der Waals surface area contributed by atoms with Crippen molar-refractivity contribution in [2.24, 2.45) is 0 Å². The first-order valence-electron chi connectivity index (χ1n) is 10.1. The van der Waals surface area contributed by atoms with E-state index in [0.29, 0.717) is 12.7 Å². The van der Waals surface area contributed by atoms with Crippen molar-refractivity contribution in [1.82, 2.24) is 0 Å². The molecule has 0 rings (SSSR count). The van der Waals surface area contributed by atoms with E-state index in [-0.39, 0.29) is 6.61 Å². The lowest BCUT2D eigenvalue weighted by molar-refractivity contribution is 0.0177. The normalized spacial score (nSPS) is 12.7. The van der Waals surface area contributed by atoms with Gasteiger partial charge < -0.3 is 9.84 Å². The van der Waals surface area contributed by atoms with Crippen LogP contribution in [0.15, 0.2) is 0 Å². The minimum atomic E-state index is 0.151. The summed E-state index contributed by atoms with van der Waals surface area (Å²) in [4.78, 5) is 0. The molecule has 0 aliphatic heterocycles. The van der Waals surface area contributed by atoms with E-state index in [0.717, 1.165) is 6.42 Å². The zero-order chi connectivity index (χ0) is 16.3. The summed E-state index contributed by atoms with van der Waals surface area (Å²) in [7, 11) is 0. The van der Waals surface area contributed by atoms with Crippen LogP contribution < -0.4 is 0 Å². The molecular weight excluding hydrogens is 272 g/mol. The monoisotopic (exact) mass is 314 g/mol. The highest BCUT2D eigenvalue weighted by atomic mass is 16.5. The van der Waals surface area contributed by atoms with Crippen LogP contribution in [-0.4, -0.2) is 24.4 Å². The Labute approximate surface area is 140 Å². The lowest BCUT2D eigenvalue weighted by Gasteiger charge is -2.16. The SMILES string of the molecule is CCCCCCCCCCCCCCC(CCC)OCCO. The molecule has 0 aromatic rings. The van der Waals surface area contributed by atoms with Crippen LogP contribution in [0.3, 0.4) is 0 Å². The van der Waals surface area contributed by atoms with Crippen LogP contribution in [-0.2, 0) is 4.74 Å². The Morgan fingerprint density at radius 2 is 1.14 bits per heavy atom. The zero-order valence-electron chi connectivity index (χ0n) is 15.5. The highest BCUT2D eigenvalue weighted by Gasteiger charge is 2.07. The van der Waals surface area contributed by atoms with Gasteiger partial charge in [0.25, 0.3) is 0 Å². The highest BCUT2D eigenvalue weighted by Crippen LogP contribution is 2.15. The fourth-order valence-corrected chi connectivity index (χ4v) is 3.07. The van der Waals surface area contributed by atoms with Crippen LogP contribution in [0, 0.1) is 0 Å². The summed E-state index contributed by atoms with van der Waals surface area (Å²) in [6.45, 7) is 5.14. The van der Waals surface area contributed by atoms with Gasteiger partial charge in [-0.3, -0.25) is 0 Å². The van der Waals surface area contributed by atoms with Crippen molar-refractivity contribution in [2.75, 3.05) is 13.2 Å². The third-order valence-corrected chi connectivity index (χ3v) is 4.44. The largest absolute Gasteiger partial charge is 0.394 e. The smallest absolute Gasteiger partial charge is 0.0701 e. The van der Waals surface area contributed by atoms with Crippen LogP contribution in [0.25, 0.3) is 0 Å². The van der Waals surface area contributed by atoms with E-state index in [1.165, 1.54) is 89.9 Å². The minimum absolute atomic E-state index is 0.151. The minimum Gasteiger partial charge on any atom is -0.394 e. The Morgan fingerprint density at radius 3 is 1.59 bits per heavy atom. The van der Waals surface area contributed by atoms with Gasteiger partial charge >= 0.3 is 0 Å². The molecule has 0 bridgehead atoms. The number of unbranched alkanes of at least 4 members (excludes halogenated alkanes) is 11. The maximum atomic E-state index is 8.83. The maximum absolute atomic E-state index is 8.83. The molecule has 1 unspecified atom stereocenters. The molecular formula is C20H42O2. The van der Waals surface area contributed by atoms with Crippen LogP contribution in [0.4, 0.5) is 0 Å². The van der Waals surface area contributed by atoms with Crippen molar-refractivity contribution in [1.29, 1.82) is 0 Å². The molecule has 0 spiro atoms. The van der Waals surface area contributed by atoms with E-state index in [1.807, 2.05) is 0 Å². The molecule has 0 radical (unpaired) electrons. The van der Waals surface area contributed by atoms with Gasteiger partial charge in [0, 0.05) is 0 Å². The molecule has 0 fully saturated rings.